The number of hydrogen-bond donors (Lipinski definition) is 0. The van der Waals surface area contributed by atoms with Gasteiger partial charge in [0.15, 0.2) is 0 Å². The minimum atomic E-state index is 0.158. The van der Waals surface area contributed by atoms with Crippen LogP contribution >= 0.6 is 0 Å². The number of hydrogen-bond acceptors (Lipinski definition) is 1. The maximum absolute atomic E-state index is 12.0. The minimum Gasteiger partial charge on any atom is -0.328 e. The Kier molecular flexibility index (Phi) is 3.67. The van der Waals surface area contributed by atoms with Crippen molar-refractivity contribution in [3.63, 3.8) is 0 Å². The summed E-state index contributed by atoms with van der Waals surface area (Å²) in [6.45, 7) is 4.50. The predicted molar refractivity (Wildman–Crippen MR) is 69.1 cm³/mol. The summed E-state index contributed by atoms with van der Waals surface area (Å²) in [6, 6.07) is 10.6. The van der Waals surface area contributed by atoms with E-state index in [1.807, 2.05) is 24.9 Å². The SMILES string of the molecule is CCN(C)C(=O)N1CCC(c2ccccc2)C1. The Hall–Kier alpha value is -1.51. The summed E-state index contributed by atoms with van der Waals surface area (Å²) in [4.78, 5) is 15.7. The van der Waals surface area contributed by atoms with E-state index in [-0.39, 0.29) is 6.03 Å². The molecule has 1 aliphatic heterocycles. The van der Waals surface area contributed by atoms with Gasteiger partial charge in [-0.25, -0.2) is 4.79 Å². The van der Waals surface area contributed by atoms with E-state index in [1.165, 1.54) is 5.56 Å². The van der Waals surface area contributed by atoms with Crippen molar-refractivity contribution in [3.8, 4) is 0 Å². The molecule has 1 aromatic rings. The second-order valence-electron chi connectivity index (χ2n) is 4.64. The van der Waals surface area contributed by atoms with Crippen molar-refractivity contribution in [1.29, 1.82) is 0 Å². The van der Waals surface area contributed by atoms with Gasteiger partial charge in [-0.2, -0.15) is 0 Å². The molecule has 2 amide bonds. The molecule has 3 heteroatoms. The Morgan fingerprint density at radius 3 is 2.76 bits per heavy atom. The van der Waals surface area contributed by atoms with Crippen molar-refractivity contribution < 1.29 is 4.79 Å². The van der Waals surface area contributed by atoms with Crippen LogP contribution in [0, 0.1) is 0 Å². The number of nitrogens with zero attached hydrogens (tertiary/aromatic N) is 2. The first-order chi connectivity index (χ1) is 8.22. The van der Waals surface area contributed by atoms with Crippen LogP contribution in [0.2, 0.25) is 0 Å². The molecule has 17 heavy (non-hydrogen) atoms. The van der Waals surface area contributed by atoms with Gasteiger partial charge in [0.05, 0.1) is 0 Å². The normalized spacial score (nSPS) is 19.4. The number of rotatable bonds is 2. The van der Waals surface area contributed by atoms with E-state index in [1.54, 1.807) is 4.90 Å². The van der Waals surface area contributed by atoms with Gasteiger partial charge in [0, 0.05) is 32.6 Å². The lowest BCUT2D eigenvalue weighted by Crippen LogP contribution is -2.39. The van der Waals surface area contributed by atoms with Crippen LogP contribution in [0.25, 0.3) is 0 Å². The fraction of sp³-hybridized carbons (Fsp3) is 0.500. The van der Waals surface area contributed by atoms with Gasteiger partial charge in [-0.3, -0.25) is 0 Å². The smallest absolute Gasteiger partial charge is 0.319 e. The fourth-order valence-electron chi connectivity index (χ4n) is 2.31. The van der Waals surface area contributed by atoms with E-state index >= 15 is 0 Å². The zero-order valence-corrected chi connectivity index (χ0v) is 10.6. The Bertz CT molecular complexity index is 377. The molecule has 1 atom stereocenters. The second-order valence-corrected chi connectivity index (χ2v) is 4.64. The van der Waals surface area contributed by atoms with Gasteiger partial charge in [0.25, 0.3) is 0 Å². The summed E-state index contributed by atoms with van der Waals surface area (Å²) in [7, 11) is 1.86. The quantitative estimate of drug-likeness (QED) is 0.768. The van der Waals surface area contributed by atoms with Crippen LogP contribution < -0.4 is 0 Å². The lowest BCUT2D eigenvalue weighted by molar-refractivity contribution is 0.174. The number of carbonyl (C=O) groups is 1. The molecule has 0 bridgehead atoms. The average molecular weight is 232 g/mol. The summed E-state index contributed by atoms with van der Waals surface area (Å²) in [5, 5.41) is 0. The molecule has 1 unspecified atom stereocenters. The summed E-state index contributed by atoms with van der Waals surface area (Å²) in [6.07, 6.45) is 1.08. The van der Waals surface area contributed by atoms with Gasteiger partial charge < -0.3 is 9.80 Å². The highest BCUT2D eigenvalue weighted by Gasteiger charge is 2.28. The Labute approximate surface area is 103 Å². The van der Waals surface area contributed by atoms with Crippen LogP contribution in [0.15, 0.2) is 30.3 Å². The van der Waals surface area contributed by atoms with E-state index in [0.29, 0.717) is 5.92 Å². The zero-order chi connectivity index (χ0) is 12.3. The maximum Gasteiger partial charge on any atom is 0.319 e. The maximum atomic E-state index is 12.0. The number of carbonyl (C=O) groups excluding carboxylic acids is 1. The topological polar surface area (TPSA) is 23.6 Å². The Morgan fingerprint density at radius 2 is 2.12 bits per heavy atom. The summed E-state index contributed by atoms with van der Waals surface area (Å²) < 4.78 is 0. The lowest BCUT2D eigenvalue weighted by Gasteiger charge is -2.23. The highest BCUT2D eigenvalue weighted by Crippen LogP contribution is 2.27. The van der Waals surface area contributed by atoms with Crippen molar-refractivity contribution in [2.75, 3.05) is 26.7 Å². The van der Waals surface area contributed by atoms with Gasteiger partial charge in [-0.15, -0.1) is 0 Å². The minimum absolute atomic E-state index is 0.158. The molecule has 1 saturated heterocycles. The molecule has 1 aromatic carbocycles. The number of amides is 2. The van der Waals surface area contributed by atoms with Crippen molar-refractivity contribution in [2.45, 2.75) is 19.3 Å². The molecule has 0 aliphatic carbocycles. The first-order valence-electron chi connectivity index (χ1n) is 6.27. The molecule has 0 saturated carbocycles. The van der Waals surface area contributed by atoms with Crippen LogP contribution in [0.3, 0.4) is 0 Å². The van der Waals surface area contributed by atoms with E-state index in [4.69, 9.17) is 0 Å². The molecule has 1 aliphatic rings. The third-order valence-electron chi connectivity index (χ3n) is 3.53. The first kappa shape index (κ1) is 12.0. The summed E-state index contributed by atoms with van der Waals surface area (Å²) in [5.74, 6) is 0.505. The van der Waals surface area contributed by atoms with Gasteiger partial charge in [0.1, 0.15) is 0 Å². The molecule has 1 fully saturated rings. The molecule has 2 rings (SSSR count). The van der Waals surface area contributed by atoms with Gasteiger partial charge in [-0.05, 0) is 18.9 Å². The van der Waals surface area contributed by atoms with Crippen molar-refractivity contribution in [1.82, 2.24) is 9.80 Å². The van der Waals surface area contributed by atoms with Crippen molar-refractivity contribution >= 4 is 6.03 Å². The van der Waals surface area contributed by atoms with E-state index in [2.05, 4.69) is 24.3 Å². The van der Waals surface area contributed by atoms with Gasteiger partial charge >= 0.3 is 6.03 Å². The number of urea groups is 1. The van der Waals surface area contributed by atoms with Crippen LogP contribution in [0.1, 0.15) is 24.8 Å². The molecule has 1 heterocycles. The lowest BCUT2D eigenvalue weighted by atomic mass is 9.99. The van der Waals surface area contributed by atoms with Crippen LogP contribution in [0.5, 0.6) is 0 Å². The second kappa shape index (κ2) is 5.21. The summed E-state index contributed by atoms with van der Waals surface area (Å²) >= 11 is 0. The molecule has 0 N–H and O–H groups in total. The molecular formula is C14H20N2O. The van der Waals surface area contributed by atoms with Gasteiger partial charge in [0.2, 0.25) is 0 Å². The summed E-state index contributed by atoms with van der Waals surface area (Å²) in [5.41, 5.74) is 1.35. The van der Waals surface area contributed by atoms with Crippen LogP contribution in [-0.4, -0.2) is 42.5 Å². The zero-order valence-electron chi connectivity index (χ0n) is 10.6. The van der Waals surface area contributed by atoms with E-state index < -0.39 is 0 Å². The molecule has 0 aromatic heterocycles. The Morgan fingerprint density at radius 1 is 1.41 bits per heavy atom. The largest absolute Gasteiger partial charge is 0.328 e. The van der Waals surface area contributed by atoms with Crippen LogP contribution in [0.4, 0.5) is 4.79 Å². The van der Waals surface area contributed by atoms with E-state index in [0.717, 1.165) is 26.1 Å². The van der Waals surface area contributed by atoms with Gasteiger partial charge in [-0.1, -0.05) is 30.3 Å². The third-order valence-corrected chi connectivity index (χ3v) is 3.53. The standard InChI is InChI=1S/C14H20N2O/c1-3-15(2)14(17)16-10-9-13(11-16)12-7-5-4-6-8-12/h4-8,13H,3,9-11H2,1-2H3. The van der Waals surface area contributed by atoms with Crippen LogP contribution in [-0.2, 0) is 0 Å². The number of likely N-dealkylation sites (tertiary alicyclic amines) is 1. The van der Waals surface area contributed by atoms with Crippen molar-refractivity contribution in [3.05, 3.63) is 35.9 Å². The molecule has 0 radical (unpaired) electrons. The fourth-order valence-corrected chi connectivity index (χ4v) is 2.31. The average Bonchev–Trinajstić information content (AvgIpc) is 2.87. The molecule has 0 spiro atoms. The molecule has 3 nitrogen and oxygen atoms in total. The number of benzene rings is 1. The highest BCUT2D eigenvalue weighted by atomic mass is 16.2. The Balaban J connectivity index is 1.98. The predicted octanol–water partition coefficient (Wildman–Crippen LogP) is 2.55. The molecular weight excluding hydrogens is 212 g/mol. The van der Waals surface area contributed by atoms with E-state index in [9.17, 15) is 4.79 Å². The first-order valence-corrected chi connectivity index (χ1v) is 6.27. The third kappa shape index (κ3) is 2.60. The van der Waals surface area contributed by atoms with Crippen molar-refractivity contribution in [2.24, 2.45) is 0 Å². The monoisotopic (exact) mass is 232 g/mol. The highest BCUT2D eigenvalue weighted by molar-refractivity contribution is 5.74. The molecule has 92 valence electrons.